The van der Waals surface area contributed by atoms with Crippen molar-refractivity contribution >= 4 is 21.7 Å². The fraction of sp³-hybridized carbons (Fsp3) is 0.857. The minimum atomic E-state index is -3.44. The van der Waals surface area contributed by atoms with Gasteiger partial charge in [0.25, 0.3) is 0 Å². The van der Waals surface area contributed by atoms with Gasteiger partial charge >= 0.3 is 5.97 Å². The minimum Gasteiger partial charge on any atom is -0.479 e. The Kier molecular flexibility index (Phi) is 4.60. The van der Waals surface area contributed by atoms with Crippen LogP contribution in [-0.4, -0.2) is 53.4 Å². The first-order valence-corrected chi connectivity index (χ1v) is 9.33. The molecule has 21 heavy (non-hydrogen) atoms. The second-order valence-corrected chi connectivity index (χ2v) is 8.33. The second-order valence-electron chi connectivity index (χ2n) is 6.03. The molecule has 0 aliphatic carbocycles. The highest BCUT2D eigenvalue weighted by molar-refractivity contribution is 7.92. The first-order chi connectivity index (χ1) is 9.85. The van der Waals surface area contributed by atoms with Crippen LogP contribution in [0, 0.1) is 0 Å². The van der Waals surface area contributed by atoms with Crippen molar-refractivity contribution in [3.8, 4) is 0 Å². The standard InChI is InChI=1S/C14H23NO5S/c1-2-7-14(13(17)18)8-5-9-15(14)12(16)11-6-3-4-10-21(11,19)20/h11H,2-10H2,1H3,(H,17,18). The molecule has 0 radical (unpaired) electrons. The maximum absolute atomic E-state index is 12.7. The van der Waals surface area contributed by atoms with Gasteiger partial charge in [-0.2, -0.15) is 0 Å². The van der Waals surface area contributed by atoms with E-state index in [1.807, 2.05) is 6.92 Å². The Morgan fingerprint density at radius 1 is 1.29 bits per heavy atom. The molecule has 2 rings (SSSR count). The fourth-order valence-electron chi connectivity index (χ4n) is 3.61. The van der Waals surface area contributed by atoms with Crippen molar-refractivity contribution in [2.24, 2.45) is 0 Å². The summed E-state index contributed by atoms with van der Waals surface area (Å²) in [5.41, 5.74) is -1.21. The Bertz CT molecular complexity index is 529. The van der Waals surface area contributed by atoms with Gasteiger partial charge in [0.15, 0.2) is 9.84 Å². The summed E-state index contributed by atoms with van der Waals surface area (Å²) < 4.78 is 24.2. The van der Waals surface area contributed by atoms with Crippen molar-refractivity contribution in [3.05, 3.63) is 0 Å². The summed E-state index contributed by atoms with van der Waals surface area (Å²) in [6.45, 7) is 2.22. The van der Waals surface area contributed by atoms with Crippen molar-refractivity contribution in [2.45, 2.75) is 62.7 Å². The highest BCUT2D eigenvalue weighted by atomic mass is 32.2. The maximum Gasteiger partial charge on any atom is 0.329 e. The summed E-state index contributed by atoms with van der Waals surface area (Å²) in [4.78, 5) is 25.8. The molecule has 120 valence electrons. The number of hydrogen-bond donors (Lipinski definition) is 1. The lowest BCUT2D eigenvalue weighted by Crippen LogP contribution is -2.57. The van der Waals surface area contributed by atoms with Crippen molar-refractivity contribution in [2.75, 3.05) is 12.3 Å². The van der Waals surface area contributed by atoms with E-state index in [4.69, 9.17) is 0 Å². The van der Waals surface area contributed by atoms with Gasteiger partial charge in [-0.05, 0) is 32.1 Å². The molecule has 2 heterocycles. The Balaban J connectivity index is 2.30. The van der Waals surface area contributed by atoms with E-state index < -0.39 is 32.5 Å². The average Bonchev–Trinajstić information content (AvgIpc) is 2.83. The van der Waals surface area contributed by atoms with Crippen LogP contribution in [0.15, 0.2) is 0 Å². The Morgan fingerprint density at radius 2 is 2.00 bits per heavy atom. The number of hydrogen-bond acceptors (Lipinski definition) is 4. The van der Waals surface area contributed by atoms with Gasteiger partial charge in [0.1, 0.15) is 10.8 Å². The molecule has 0 aromatic carbocycles. The highest BCUT2D eigenvalue weighted by Gasteiger charge is 2.52. The molecular weight excluding hydrogens is 294 g/mol. The van der Waals surface area contributed by atoms with Crippen LogP contribution >= 0.6 is 0 Å². The number of carbonyl (C=O) groups is 2. The molecule has 2 fully saturated rings. The first kappa shape index (κ1) is 16.3. The third-order valence-electron chi connectivity index (χ3n) is 4.67. The summed E-state index contributed by atoms with van der Waals surface area (Å²) in [6.07, 6.45) is 3.66. The summed E-state index contributed by atoms with van der Waals surface area (Å²) in [6, 6.07) is 0. The summed E-state index contributed by atoms with van der Waals surface area (Å²) in [7, 11) is -3.44. The minimum absolute atomic E-state index is 0.0328. The van der Waals surface area contributed by atoms with E-state index in [0.717, 1.165) is 0 Å². The second kappa shape index (κ2) is 5.94. The lowest BCUT2D eigenvalue weighted by Gasteiger charge is -2.37. The van der Waals surface area contributed by atoms with Gasteiger partial charge < -0.3 is 10.0 Å². The lowest BCUT2D eigenvalue weighted by molar-refractivity contribution is -0.157. The number of nitrogens with zero attached hydrogens (tertiary/aromatic N) is 1. The zero-order valence-corrected chi connectivity index (χ0v) is 13.2. The number of carbonyl (C=O) groups excluding carboxylic acids is 1. The Hall–Kier alpha value is -1.11. The van der Waals surface area contributed by atoms with Gasteiger partial charge in [0.2, 0.25) is 5.91 Å². The number of likely N-dealkylation sites (tertiary alicyclic amines) is 1. The van der Waals surface area contributed by atoms with Crippen molar-refractivity contribution in [3.63, 3.8) is 0 Å². The number of rotatable bonds is 4. The van der Waals surface area contributed by atoms with E-state index in [1.54, 1.807) is 0 Å². The molecule has 1 amide bonds. The van der Waals surface area contributed by atoms with Crippen LogP contribution in [-0.2, 0) is 19.4 Å². The normalized spacial score (nSPS) is 32.0. The van der Waals surface area contributed by atoms with Crippen molar-refractivity contribution in [1.29, 1.82) is 0 Å². The molecule has 6 nitrogen and oxygen atoms in total. The topological polar surface area (TPSA) is 91.8 Å². The molecule has 0 aromatic heterocycles. The van der Waals surface area contributed by atoms with Crippen LogP contribution in [0.4, 0.5) is 0 Å². The van der Waals surface area contributed by atoms with Gasteiger partial charge in [0, 0.05) is 6.54 Å². The van der Waals surface area contributed by atoms with E-state index >= 15 is 0 Å². The molecular formula is C14H23NO5S. The summed E-state index contributed by atoms with van der Waals surface area (Å²) in [5.74, 6) is -1.48. The van der Waals surface area contributed by atoms with Gasteiger partial charge in [-0.1, -0.05) is 19.8 Å². The van der Waals surface area contributed by atoms with Crippen LogP contribution < -0.4 is 0 Å². The zero-order chi connectivity index (χ0) is 15.7. The number of carboxylic acids is 1. The number of aliphatic carboxylic acids is 1. The van der Waals surface area contributed by atoms with Gasteiger partial charge in [0.05, 0.1) is 5.75 Å². The zero-order valence-electron chi connectivity index (χ0n) is 12.4. The molecule has 1 N–H and O–H groups in total. The molecule has 0 saturated carbocycles. The van der Waals surface area contributed by atoms with Gasteiger partial charge in [-0.3, -0.25) is 4.79 Å². The molecule has 2 atom stereocenters. The van der Waals surface area contributed by atoms with Crippen LogP contribution in [0.25, 0.3) is 0 Å². The van der Waals surface area contributed by atoms with Crippen molar-refractivity contribution < 1.29 is 23.1 Å². The molecule has 7 heteroatoms. The third-order valence-corrected chi connectivity index (χ3v) is 6.83. The van der Waals surface area contributed by atoms with E-state index in [2.05, 4.69) is 0 Å². The predicted molar refractivity (Wildman–Crippen MR) is 77.6 cm³/mol. The number of amides is 1. The largest absolute Gasteiger partial charge is 0.479 e. The average molecular weight is 317 g/mol. The summed E-state index contributed by atoms with van der Waals surface area (Å²) >= 11 is 0. The van der Waals surface area contributed by atoms with E-state index in [9.17, 15) is 23.1 Å². The van der Waals surface area contributed by atoms with Crippen LogP contribution in [0.2, 0.25) is 0 Å². The van der Waals surface area contributed by atoms with E-state index in [1.165, 1.54) is 4.90 Å². The molecule has 2 saturated heterocycles. The first-order valence-electron chi connectivity index (χ1n) is 7.61. The summed E-state index contributed by atoms with van der Waals surface area (Å²) in [5, 5.41) is 8.56. The number of carboxylic acid groups (broad SMARTS) is 1. The van der Waals surface area contributed by atoms with E-state index in [0.29, 0.717) is 51.5 Å². The Morgan fingerprint density at radius 3 is 2.57 bits per heavy atom. The quantitative estimate of drug-likeness (QED) is 0.841. The Labute approximate surface area is 125 Å². The number of sulfone groups is 1. The lowest BCUT2D eigenvalue weighted by atomic mass is 9.90. The van der Waals surface area contributed by atoms with Gasteiger partial charge in [-0.15, -0.1) is 0 Å². The molecule has 0 bridgehead atoms. The van der Waals surface area contributed by atoms with Crippen LogP contribution in [0.3, 0.4) is 0 Å². The molecule has 0 spiro atoms. The molecule has 2 aliphatic heterocycles. The molecule has 2 unspecified atom stereocenters. The smallest absolute Gasteiger partial charge is 0.329 e. The fourth-order valence-corrected chi connectivity index (χ4v) is 5.46. The highest BCUT2D eigenvalue weighted by Crippen LogP contribution is 2.36. The molecule has 2 aliphatic rings. The van der Waals surface area contributed by atoms with Crippen molar-refractivity contribution in [1.82, 2.24) is 4.90 Å². The molecule has 0 aromatic rings. The monoisotopic (exact) mass is 317 g/mol. The van der Waals surface area contributed by atoms with Gasteiger partial charge in [-0.25, -0.2) is 13.2 Å². The van der Waals surface area contributed by atoms with Crippen LogP contribution in [0.1, 0.15) is 51.9 Å². The third kappa shape index (κ3) is 2.80. The maximum atomic E-state index is 12.7. The van der Waals surface area contributed by atoms with E-state index in [-0.39, 0.29) is 5.75 Å². The van der Waals surface area contributed by atoms with Crippen LogP contribution in [0.5, 0.6) is 0 Å². The SMILES string of the molecule is CCCC1(C(=O)O)CCCN1C(=O)C1CCCCS1(=O)=O. The predicted octanol–water partition coefficient (Wildman–Crippen LogP) is 1.20.